The van der Waals surface area contributed by atoms with Gasteiger partial charge in [0.05, 0.1) is 4.90 Å². The lowest BCUT2D eigenvalue weighted by atomic mass is 10.0. The number of fused-ring (bicyclic) bond motifs is 1. The van der Waals surface area contributed by atoms with E-state index in [1.54, 1.807) is 19.1 Å². The molecule has 5 heteroatoms. The summed E-state index contributed by atoms with van der Waals surface area (Å²) < 4.78 is 26.7. The van der Waals surface area contributed by atoms with Crippen LogP contribution in [0.25, 0.3) is 0 Å². The standard InChI is InChI=1S/C14H18N2O2S/c1-2-3-4-10-16-19(17,18)13-8-7-12-6-5-9-15-14(12)11-13/h7-8,11,15-16H,4-6,9-10H2,1H3. The predicted molar refractivity (Wildman–Crippen MR) is 76.5 cm³/mol. The number of sulfonamides is 1. The highest BCUT2D eigenvalue weighted by atomic mass is 32.2. The number of benzene rings is 1. The summed E-state index contributed by atoms with van der Waals surface area (Å²) in [5, 5.41) is 3.24. The minimum absolute atomic E-state index is 0.310. The molecule has 1 aliphatic heterocycles. The maximum absolute atomic E-state index is 12.1. The molecule has 1 heterocycles. The summed E-state index contributed by atoms with van der Waals surface area (Å²) in [6, 6.07) is 5.27. The van der Waals surface area contributed by atoms with Crippen molar-refractivity contribution in [2.24, 2.45) is 0 Å². The van der Waals surface area contributed by atoms with Crippen molar-refractivity contribution in [1.29, 1.82) is 0 Å². The fourth-order valence-electron chi connectivity index (χ4n) is 2.06. The quantitative estimate of drug-likeness (QED) is 0.651. The molecule has 1 aromatic rings. The smallest absolute Gasteiger partial charge is 0.240 e. The van der Waals surface area contributed by atoms with Gasteiger partial charge in [0.15, 0.2) is 0 Å². The summed E-state index contributed by atoms with van der Waals surface area (Å²) in [4.78, 5) is 0.310. The molecule has 0 fully saturated rings. The molecule has 4 nitrogen and oxygen atoms in total. The lowest BCUT2D eigenvalue weighted by Gasteiger charge is -2.18. The number of anilines is 1. The Kier molecular flexibility index (Phi) is 4.46. The molecular formula is C14H18N2O2S. The molecule has 0 amide bonds. The van der Waals surface area contributed by atoms with Crippen LogP contribution in [0.4, 0.5) is 5.69 Å². The van der Waals surface area contributed by atoms with Crippen LogP contribution in [-0.4, -0.2) is 21.5 Å². The first-order chi connectivity index (χ1) is 9.13. The van der Waals surface area contributed by atoms with Crippen LogP contribution in [0.1, 0.15) is 25.3 Å². The summed E-state index contributed by atoms with van der Waals surface area (Å²) in [7, 11) is -3.43. The van der Waals surface area contributed by atoms with Gasteiger partial charge in [0.25, 0.3) is 0 Å². The first kappa shape index (κ1) is 13.9. The third-order valence-electron chi connectivity index (χ3n) is 3.05. The Balaban J connectivity index is 2.13. The fraction of sp³-hybridized carbons (Fsp3) is 0.429. The maximum atomic E-state index is 12.1. The summed E-state index contributed by atoms with van der Waals surface area (Å²) in [5.74, 6) is 5.57. The third kappa shape index (κ3) is 3.49. The zero-order chi connectivity index (χ0) is 13.7. The molecular weight excluding hydrogens is 260 g/mol. The Hall–Kier alpha value is -1.51. The predicted octanol–water partition coefficient (Wildman–Crippen LogP) is 1.74. The van der Waals surface area contributed by atoms with E-state index in [1.165, 1.54) is 5.56 Å². The van der Waals surface area contributed by atoms with Gasteiger partial charge in [-0.3, -0.25) is 0 Å². The van der Waals surface area contributed by atoms with Gasteiger partial charge in [-0.2, -0.15) is 0 Å². The Morgan fingerprint density at radius 1 is 1.42 bits per heavy atom. The van der Waals surface area contributed by atoms with Crippen molar-refractivity contribution in [1.82, 2.24) is 4.72 Å². The number of rotatable bonds is 4. The Morgan fingerprint density at radius 2 is 2.26 bits per heavy atom. The second-order valence-electron chi connectivity index (χ2n) is 4.42. The van der Waals surface area contributed by atoms with Gasteiger partial charge in [-0.15, -0.1) is 11.8 Å². The summed E-state index contributed by atoms with van der Waals surface area (Å²) in [5.41, 5.74) is 2.12. The maximum Gasteiger partial charge on any atom is 0.240 e. The summed E-state index contributed by atoms with van der Waals surface area (Å²) in [6.45, 7) is 2.98. The minimum Gasteiger partial charge on any atom is -0.385 e. The van der Waals surface area contributed by atoms with E-state index in [0.29, 0.717) is 17.9 Å². The van der Waals surface area contributed by atoms with Crippen LogP contribution in [-0.2, 0) is 16.4 Å². The van der Waals surface area contributed by atoms with Gasteiger partial charge in [-0.05, 0) is 37.5 Å². The van der Waals surface area contributed by atoms with Crippen molar-refractivity contribution >= 4 is 15.7 Å². The topological polar surface area (TPSA) is 58.2 Å². The lowest BCUT2D eigenvalue weighted by Crippen LogP contribution is -2.25. The molecule has 0 aliphatic carbocycles. The molecule has 0 saturated carbocycles. The Labute approximate surface area is 114 Å². The van der Waals surface area contributed by atoms with Gasteiger partial charge in [0.2, 0.25) is 10.0 Å². The Bertz CT molecular complexity index is 612. The molecule has 19 heavy (non-hydrogen) atoms. The highest BCUT2D eigenvalue weighted by Gasteiger charge is 2.16. The highest BCUT2D eigenvalue weighted by Crippen LogP contribution is 2.24. The minimum atomic E-state index is -3.43. The normalized spacial score (nSPS) is 13.9. The van der Waals surface area contributed by atoms with Crippen molar-refractivity contribution in [3.63, 3.8) is 0 Å². The molecule has 0 aromatic heterocycles. The number of aryl methyl sites for hydroxylation is 1. The average Bonchev–Trinajstić information content (AvgIpc) is 2.43. The van der Waals surface area contributed by atoms with E-state index in [1.807, 2.05) is 6.07 Å². The van der Waals surface area contributed by atoms with Crippen molar-refractivity contribution in [3.05, 3.63) is 23.8 Å². The van der Waals surface area contributed by atoms with E-state index < -0.39 is 10.0 Å². The molecule has 1 aromatic carbocycles. The van der Waals surface area contributed by atoms with E-state index in [-0.39, 0.29) is 0 Å². The van der Waals surface area contributed by atoms with E-state index in [2.05, 4.69) is 21.9 Å². The van der Waals surface area contributed by atoms with Gasteiger partial charge in [-0.25, -0.2) is 13.1 Å². The fourth-order valence-corrected chi connectivity index (χ4v) is 3.12. The second-order valence-corrected chi connectivity index (χ2v) is 6.19. The monoisotopic (exact) mass is 278 g/mol. The first-order valence-electron chi connectivity index (χ1n) is 6.39. The van der Waals surface area contributed by atoms with Crippen LogP contribution in [0.3, 0.4) is 0 Å². The first-order valence-corrected chi connectivity index (χ1v) is 7.88. The SMILES string of the molecule is CC#CCCNS(=O)(=O)c1ccc2c(c1)NCCC2. The van der Waals surface area contributed by atoms with Crippen molar-refractivity contribution in [3.8, 4) is 11.8 Å². The Morgan fingerprint density at radius 3 is 3.05 bits per heavy atom. The lowest BCUT2D eigenvalue weighted by molar-refractivity contribution is 0.582. The molecule has 2 N–H and O–H groups in total. The molecule has 0 spiro atoms. The molecule has 102 valence electrons. The highest BCUT2D eigenvalue weighted by molar-refractivity contribution is 7.89. The van der Waals surface area contributed by atoms with Gasteiger partial charge in [-0.1, -0.05) is 6.07 Å². The molecule has 0 radical (unpaired) electrons. The molecule has 0 unspecified atom stereocenters. The van der Waals surface area contributed by atoms with E-state index >= 15 is 0 Å². The zero-order valence-electron chi connectivity index (χ0n) is 11.0. The second kappa shape index (κ2) is 6.09. The molecule has 1 aliphatic rings. The van der Waals surface area contributed by atoms with Gasteiger partial charge >= 0.3 is 0 Å². The van der Waals surface area contributed by atoms with E-state index in [4.69, 9.17) is 0 Å². The van der Waals surface area contributed by atoms with Crippen molar-refractivity contribution in [2.45, 2.75) is 31.1 Å². The molecule has 0 atom stereocenters. The number of hydrogen-bond donors (Lipinski definition) is 2. The van der Waals surface area contributed by atoms with Crippen LogP contribution < -0.4 is 10.0 Å². The number of nitrogens with one attached hydrogen (secondary N) is 2. The van der Waals surface area contributed by atoms with Crippen LogP contribution in [0.2, 0.25) is 0 Å². The van der Waals surface area contributed by atoms with Crippen LogP contribution in [0.5, 0.6) is 0 Å². The summed E-state index contributed by atoms with van der Waals surface area (Å²) >= 11 is 0. The summed E-state index contributed by atoms with van der Waals surface area (Å²) in [6.07, 6.45) is 2.62. The average molecular weight is 278 g/mol. The van der Waals surface area contributed by atoms with Gasteiger partial charge in [0, 0.05) is 25.2 Å². The van der Waals surface area contributed by atoms with Crippen LogP contribution in [0, 0.1) is 11.8 Å². The van der Waals surface area contributed by atoms with Crippen LogP contribution in [0.15, 0.2) is 23.1 Å². The molecule has 0 saturated heterocycles. The van der Waals surface area contributed by atoms with Crippen molar-refractivity contribution < 1.29 is 8.42 Å². The van der Waals surface area contributed by atoms with Crippen molar-refractivity contribution in [2.75, 3.05) is 18.4 Å². The molecule has 2 rings (SSSR count). The van der Waals surface area contributed by atoms with Gasteiger partial charge < -0.3 is 5.32 Å². The largest absolute Gasteiger partial charge is 0.385 e. The molecule has 0 bridgehead atoms. The van der Waals surface area contributed by atoms with E-state index in [9.17, 15) is 8.42 Å². The van der Waals surface area contributed by atoms with Crippen LogP contribution >= 0.6 is 0 Å². The third-order valence-corrected chi connectivity index (χ3v) is 4.51. The number of hydrogen-bond acceptors (Lipinski definition) is 3. The van der Waals surface area contributed by atoms with Gasteiger partial charge in [0.1, 0.15) is 0 Å². The zero-order valence-corrected chi connectivity index (χ0v) is 11.8. The van der Waals surface area contributed by atoms with E-state index in [0.717, 1.165) is 25.1 Å².